The predicted molar refractivity (Wildman–Crippen MR) is 102 cm³/mol. The standard InChI is InChI=1S/C20H23N5O2/c1-4-6-11-20(23-24-20)12-13-21-19(26)17-14-22-25(18(17)5-2)15-7-9-16(27-3)10-8-15/h1,7-10,14H,5-6,11-13H2,2-3H3,(H,21,26). The Morgan fingerprint density at radius 2 is 2.04 bits per heavy atom. The van der Waals surface area contributed by atoms with Crippen LogP contribution in [0.5, 0.6) is 5.75 Å². The fourth-order valence-corrected chi connectivity index (χ4v) is 2.99. The molecule has 27 heavy (non-hydrogen) atoms. The summed E-state index contributed by atoms with van der Waals surface area (Å²) in [7, 11) is 1.63. The van der Waals surface area contributed by atoms with Gasteiger partial charge in [-0.2, -0.15) is 15.3 Å². The number of nitrogens with one attached hydrogen (secondary N) is 1. The van der Waals surface area contributed by atoms with Gasteiger partial charge in [0, 0.05) is 25.8 Å². The van der Waals surface area contributed by atoms with Crippen molar-refractivity contribution in [2.75, 3.05) is 13.7 Å². The van der Waals surface area contributed by atoms with E-state index in [1.807, 2.05) is 31.2 Å². The van der Waals surface area contributed by atoms with E-state index in [4.69, 9.17) is 11.2 Å². The molecule has 0 bridgehead atoms. The van der Waals surface area contributed by atoms with Gasteiger partial charge in [-0.3, -0.25) is 4.79 Å². The smallest absolute Gasteiger partial charge is 0.254 e. The number of benzene rings is 1. The minimum Gasteiger partial charge on any atom is -0.497 e. The molecule has 2 heterocycles. The molecule has 1 aromatic heterocycles. The molecule has 1 amide bonds. The molecule has 1 aliphatic rings. The van der Waals surface area contributed by atoms with E-state index in [-0.39, 0.29) is 11.6 Å². The van der Waals surface area contributed by atoms with Crippen molar-refractivity contribution in [3.63, 3.8) is 0 Å². The molecule has 2 aromatic rings. The third-order valence-corrected chi connectivity index (χ3v) is 4.63. The first-order valence-corrected chi connectivity index (χ1v) is 8.99. The second-order valence-electron chi connectivity index (χ2n) is 6.36. The number of ether oxygens (including phenoxy) is 1. The molecule has 0 fully saturated rings. The Bertz CT molecular complexity index is 871. The first kappa shape index (κ1) is 18.6. The van der Waals surface area contributed by atoms with Gasteiger partial charge in [0.1, 0.15) is 5.75 Å². The molecule has 140 valence electrons. The summed E-state index contributed by atoms with van der Waals surface area (Å²) in [6.07, 6.45) is 9.62. The minimum absolute atomic E-state index is 0.139. The van der Waals surface area contributed by atoms with E-state index in [1.54, 1.807) is 18.0 Å². The summed E-state index contributed by atoms with van der Waals surface area (Å²) in [5.74, 6) is 3.24. The first-order valence-electron chi connectivity index (χ1n) is 8.99. The lowest BCUT2D eigenvalue weighted by Gasteiger charge is -2.11. The van der Waals surface area contributed by atoms with Gasteiger partial charge >= 0.3 is 0 Å². The molecule has 0 spiro atoms. The van der Waals surface area contributed by atoms with Gasteiger partial charge in [-0.15, -0.1) is 12.3 Å². The highest BCUT2D eigenvalue weighted by molar-refractivity contribution is 5.95. The number of hydrogen-bond donors (Lipinski definition) is 1. The van der Waals surface area contributed by atoms with E-state index >= 15 is 0 Å². The van der Waals surface area contributed by atoms with Gasteiger partial charge < -0.3 is 10.1 Å². The van der Waals surface area contributed by atoms with Crippen LogP contribution in [0, 0.1) is 12.3 Å². The van der Waals surface area contributed by atoms with Gasteiger partial charge in [0.25, 0.3) is 5.91 Å². The van der Waals surface area contributed by atoms with E-state index in [9.17, 15) is 4.79 Å². The summed E-state index contributed by atoms with van der Waals surface area (Å²) in [6.45, 7) is 2.50. The van der Waals surface area contributed by atoms with E-state index in [0.29, 0.717) is 31.4 Å². The van der Waals surface area contributed by atoms with E-state index < -0.39 is 0 Å². The number of rotatable bonds is 9. The zero-order valence-corrected chi connectivity index (χ0v) is 15.6. The van der Waals surface area contributed by atoms with Gasteiger partial charge in [-0.1, -0.05) is 6.92 Å². The zero-order valence-electron chi connectivity index (χ0n) is 15.6. The van der Waals surface area contributed by atoms with Crippen LogP contribution in [0.2, 0.25) is 0 Å². The molecule has 0 radical (unpaired) electrons. The topological polar surface area (TPSA) is 80.9 Å². The van der Waals surface area contributed by atoms with Gasteiger partial charge in [-0.25, -0.2) is 4.68 Å². The van der Waals surface area contributed by atoms with Crippen LogP contribution in [0.4, 0.5) is 0 Å². The van der Waals surface area contributed by atoms with Crippen LogP contribution in [-0.2, 0) is 6.42 Å². The van der Waals surface area contributed by atoms with E-state index in [2.05, 4.69) is 26.6 Å². The Labute approximate surface area is 158 Å². The lowest BCUT2D eigenvalue weighted by molar-refractivity contribution is 0.0951. The van der Waals surface area contributed by atoms with Crippen molar-refractivity contribution < 1.29 is 9.53 Å². The summed E-state index contributed by atoms with van der Waals surface area (Å²) < 4.78 is 6.97. The third-order valence-electron chi connectivity index (χ3n) is 4.63. The van der Waals surface area contributed by atoms with Crippen molar-refractivity contribution >= 4 is 5.91 Å². The summed E-state index contributed by atoms with van der Waals surface area (Å²) >= 11 is 0. The van der Waals surface area contributed by atoms with Crippen LogP contribution in [0.3, 0.4) is 0 Å². The number of amides is 1. The Hall–Kier alpha value is -3.14. The highest BCUT2D eigenvalue weighted by Gasteiger charge is 2.38. The molecule has 1 N–H and O–H groups in total. The van der Waals surface area contributed by atoms with Crippen molar-refractivity contribution in [3.8, 4) is 23.8 Å². The second kappa shape index (κ2) is 8.04. The number of carbonyl (C=O) groups excluding carboxylic acids is 1. The zero-order chi connectivity index (χ0) is 19.3. The average Bonchev–Trinajstić information content (AvgIpc) is 3.33. The number of hydrogen-bond acceptors (Lipinski definition) is 5. The predicted octanol–water partition coefficient (Wildman–Crippen LogP) is 3.14. The van der Waals surface area contributed by atoms with Crippen molar-refractivity contribution in [2.24, 2.45) is 10.2 Å². The molecule has 0 saturated heterocycles. The molecule has 0 atom stereocenters. The van der Waals surface area contributed by atoms with E-state index in [0.717, 1.165) is 23.6 Å². The van der Waals surface area contributed by atoms with Gasteiger partial charge in [0.05, 0.1) is 30.3 Å². The maximum absolute atomic E-state index is 12.6. The summed E-state index contributed by atoms with van der Waals surface area (Å²) in [5.41, 5.74) is 1.94. The van der Waals surface area contributed by atoms with Crippen molar-refractivity contribution in [3.05, 3.63) is 41.7 Å². The largest absolute Gasteiger partial charge is 0.497 e. The van der Waals surface area contributed by atoms with Gasteiger partial charge in [-0.05, 0) is 30.7 Å². The molecule has 3 rings (SSSR count). The van der Waals surface area contributed by atoms with Crippen LogP contribution in [0.15, 0.2) is 40.7 Å². The number of nitrogens with zero attached hydrogens (tertiary/aromatic N) is 4. The molecule has 0 unspecified atom stereocenters. The Kier molecular flexibility index (Phi) is 5.55. The van der Waals surface area contributed by atoms with Crippen LogP contribution in [0.25, 0.3) is 5.69 Å². The van der Waals surface area contributed by atoms with Crippen molar-refractivity contribution in [2.45, 2.75) is 38.3 Å². The van der Waals surface area contributed by atoms with Crippen LogP contribution in [0.1, 0.15) is 42.2 Å². The summed E-state index contributed by atoms with van der Waals surface area (Å²) in [6, 6.07) is 7.57. The number of carbonyl (C=O) groups is 1. The fourth-order valence-electron chi connectivity index (χ4n) is 2.99. The van der Waals surface area contributed by atoms with Crippen LogP contribution < -0.4 is 10.1 Å². The monoisotopic (exact) mass is 365 g/mol. The Balaban J connectivity index is 1.65. The third kappa shape index (κ3) is 4.17. The Morgan fingerprint density at radius 1 is 1.30 bits per heavy atom. The van der Waals surface area contributed by atoms with Gasteiger partial charge in [0.2, 0.25) is 0 Å². The lowest BCUT2D eigenvalue weighted by Crippen LogP contribution is -2.28. The quantitative estimate of drug-likeness (QED) is 0.693. The summed E-state index contributed by atoms with van der Waals surface area (Å²) in [5, 5.41) is 15.5. The molecular weight excluding hydrogens is 342 g/mol. The highest BCUT2D eigenvalue weighted by atomic mass is 16.5. The van der Waals surface area contributed by atoms with Gasteiger partial charge in [0.15, 0.2) is 5.66 Å². The lowest BCUT2D eigenvalue weighted by atomic mass is 10.0. The molecule has 1 aromatic carbocycles. The molecule has 7 nitrogen and oxygen atoms in total. The molecule has 0 aliphatic carbocycles. The highest BCUT2D eigenvalue weighted by Crippen LogP contribution is 2.36. The number of methoxy groups -OCH3 is 1. The van der Waals surface area contributed by atoms with E-state index in [1.165, 1.54) is 0 Å². The SMILES string of the molecule is C#CCCC1(CCNC(=O)c2cnn(-c3ccc(OC)cc3)c2CC)N=N1. The normalized spacial score (nSPS) is 13.8. The molecule has 0 saturated carbocycles. The first-order chi connectivity index (χ1) is 13.1. The molecule has 7 heteroatoms. The average molecular weight is 365 g/mol. The van der Waals surface area contributed by atoms with Crippen molar-refractivity contribution in [1.82, 2.24) is 15.1 Å². The second-order valence-corrected chi connectivity index (χ2v) is 6.36. The van der Waals surface area contributed by atoms with Crippen molar-refractivity contribution in [1.29, 1.82) is 0 Å². The van der Waals surface area contributed by atoms with Crippen LogP contribution in [-0.4, -0.2) is 35.0 Å². The summed E-state index contributed by atoms with van der Waals surface area (Å²) in [4.78, 5) is 12.6. The molecular formula is C20H23N5O2. The fraction of sp³-hybridized carbons (Fsp3) is 0.400. The Morgan fingerprint density at radius 3 is 2.63 bits per heavy atom. The maximum atomic E-state index is 12.6. The maximum Gasteiger partial charge on any atom is 0.254 e. The number of terminal acetylenes is 1. The number of aromatic nitrogens is 2. The molecule has 1 aliphatic heterocycles. The van der Waals surface area contributed by atoms with Crippen LogP contribution >= 0.6 is 0 Å². The minimum atomic E-state index is -0.388.